The maximum atomic E-state index is 13.0. The first-order valence-electron chi connectivity index (χ1n) is 5.30. The molecule has 0 heterocycles. The number of benzene rings is 1. The van der Waals surface area contributed by atoms with Gasteiger partial charge in [-0.2, -0.15) is 0 Å². The van der Waals surface area contributed by atoms with Gasteiger partial charge < -0.3 is 10.4 Å². The van der Waals surface area contributed by atoms with Crippen LogP contribution in [0.3, 0.4) is 0 Å². The van der Waals surface area contributed by atoms with Crippen LogP contribution in [-0.4, -0.2) is 17.1 Å². The van der Waals surface area contributed by atoms with Crippen molar-refractivity contribution in [2.75, 3.05) is 5.32 Å². The lowest BCUT2D eigenvalue weighted by molar-refractivity contribution is -0.138. The molecule has 16 heavy (non-hydrogen) atoms. The van der Waals surface area contributed by atoms with Gasteiger partial charge in [0.15, 0.2) is 0 Å². The summed E-state index contributed by atoms with van der Waals surface area (Å²) in [5, 5.41) is 11.8. The molecule has 0 aromatic heterocycles. The van der Waals surface area contributed by atoms with Crippen LogP contribution < -0.4 is 5.32 Å². The largest absolute Gasteiger partial charge is 0.480 e. The molecule has 0 aliphatic rings. The lowest BCUT2D eigenvalue weighted by atomic mass is 10.1. The third-order valence-electron chi connectivity index (χ3n) is 2.40. The number of rotatable bonds is 5. The summed E-state index contributed by atoms with van der Waals surface area (Å²) in [5.41, 5.74) is 1.38. The zero-order valence-electron chi connectivity index (χ0n) is 9.46. The number of hydrogen-bond acceptors (Lipinski definition) is 2. The van der Waals surface area contributed by atoms with Crippen molar-refractivity contribution < 1.29 is 14.3 Å². The Morgan fingerprint density at radius 3 is 2.81 bits per heavy atom. The average molecular weight is 225 g/mol. The van der Waals surface area contributed by atoms with Crippen LogP contribution in [0.4, 0.5) is 10.1 Å². The first-order valence-corrected chi connectivity index (χ1v) is 5.30. The second kappa shape index (κ2) is 5.49. The number of carboxylic acid groups (broad SMARTS) is 1. The van der Waals surface area contributed by atoms with Gasteiger partial charge in [0, 0.05) is 5.69 Å². The van der Waals surface area contributed by atoms with Crippen molar-refractivity contribution in [2.45, 2.75) is 32.7 Å². The minimum absolute atomic E-state index is 0.367. The molecule has 0 amide bonds. The van der Waals surface area contributed by atoms with Gasteiger partial charge in [-0.3, -0.25) is 0 Å². The summed E-state index contributed by atoms with van der Waals surface area (Å²) in [5.74, 6) is -1.28. The number of anilines is 1. The third kappa shape index (κ3) is 3.22. The third-order valence-corrected chi connectivity index (χ3v) is 2.40. The summed E-state index contributed by atoms with van der Waals surface area (Å²) in [6.07, 6.45) is 1.28. The minimum Gasteiger partial charge on any atom is -0.480 e. The van der Waals surface area contributed by atoms with E-state index in [4.69, 9.17) is 5.11 Å². The van der Waals surface area contributed by atoms with Crippen molar-refractivity contribution >= 4 is 11.7 Å². The Balaban J connectivity index is 2.84. The van der Waals surface area contributed by atoms with E-state index in [1.807, 2.05) is 13.8 Å². The van der Waals surface area contributed by atoms with Crippen LogP contribution in [0.15, 0.2) is 18.2 Å². The number of carbonyl (C=O) groups is 1. The molecule has 88 valence electrons. The Morgan fingerprint density at radius 1 is 1.56 bits per heavy atom. The quantitative estimate of drug-likeness (QED) is 0.810. The molecule has 0 saturated heterocycles. The molecule has 2 N–H and O–H groups in total. The highest BCUT2D eigenvalue weighted by molar-refractivity contribution is 5.77. The number of aryl methyl sites for hydroxylation is 1. The van der Waals surface area contributed by atoms with Crippen molar-refractivity contribution in [1.82, 2.24) is 0 Å². The molecule has 3 nitrogen and oxygen atoms in total. The van der Waals surface area contributed by atoms with Crippen LogP contribution in [-0.2, 0) is 4.79 Å². The Morgan fingerprint density at radius 2 is 2.25 bits per heavy atom. The summed E-state index contributed by atoms with van der Waals surface area (Å²) in [6.45, 7) is 3.72. The molecule has 0 saturated carbocycles. The lowest BCUT2D eigenvalue weighted by Crippen LogP contribution is -2.29. The molecule has 1 aromatic carbocycles. The first kappa shape index (κ1) is 12.5. The topological polar surface area (TPSA) is 49.3 Å². The van der Waals surface area contributed by atoms with E-state index >= 15 is 0 Å². The number of aliphatic carboxylic acids is 1. The fourth-order valence-corrected chi connectivity index (χ4v) is 1.48. The monoisotopic (exact) mass is 225 g/mol. The number of halogens is 1. The molecule has 1 aromatic rings. The van der Waals surface area contributed by atoms with Gasteiger partial charge in [-0.15, -0.1) is 0 Å². The van der Waals surface area contributed by atoms with Gasteiger partial charge in [0.05, 0.1) is 0 Å². The molecule has 4 heteroatoms. The van der Waals surface area contributed by atoms with E-state index in [9.17, 15) is 9.18 Å². The van der Waals surface area contributed by atoms with E-state index in [0.717, 1.165) is 12.0 Å². The summed E-state index contributed by atoms with van der Waals surface area (Å²) in [6, 6.07) is 3.64. The van der Waals surface area contributed by atoms with Crippen molar-refractivity contribution in [3.63, 3.8) is 0 Å². The van der Waals surface area contributed by atoms with Crippen LogP contribution in [0.2, 0.25) is 0 Å². The van der Waals surface area contributed by atoms with E-state index in [1.54, 1.807) is 6.07 Å². The van der Waals surface area contributed by atoms with Gasteiger partial charge in [-0.05, 0) is 31.0 Å². The average Bonchev–Trinajstić information content (AvgIpc) is 2.22. The fourth-order valence-electron chi connectivity index (χ4n) is 1.48. The lowest BCUT2D eigenvalue weighted by Gasteiger charge is -2.16. The Kier molecular flexibility index (Phi) is 4.28. The molecule has 0 fully saturated rings. The minimum atomic E-state index is -0.912. The highest BCUT2D eigenvalue weighted by Crippen LogP contribution is 2.18. The van der Waals surface area contributed by atoms with Gasteiger partial charge in [0.2, 0.25) is 0 Å². The van der Waals surface area contributed by atoms with Gasteiger partial charge >= 0.3 is 5.97 Å². The summed E-state index contributed by atoms with van der Waals surface area (Å²) >= 11 is 0. The summed E-state index contributed by atoms with van der Waals surface area (Å²) in [4.78, 5) is 10.9. The van der Waals surface area contributed by atoms with Crippen LogP contribution in [0.1, 0.15) is 25.3 Å². The normalized spacial score (nSPS) is 12.2. The van der Waals surface area contributed by atoms with Gasteiger partial charge in [-0.25, -0.2) is 9.18 Å². The van der Waals surface area contributed by atoms with E-state index in [0.29, 0.717) is 12.1 Å². The fraction of sp³-hybridized carbons (Fsp3) is 0.417. The standard InChI is InChI=1S/C12H16FNO2/c1-3-4-10(12(15)16)14-11-7-9(13)6-5-8(11)2/h5-7,10,14H,3-4H2,1-2H3,(H,15,16). The van der Waals surface area contributed by atoms with E-state index in [1.165, 1.54) is 12.1 Å². The predicted molar refractivity (Wildman–Crippen MR) is 61.1 cm³/mol. The molecular formula is C12H16FNO2. The zero-order chi connectivity index (χ0) is 12.1. The van der Waals surface area contributed by atoms with E-state index in [-0.39, 0.29) is 5.82 Å². The maximum Gasteiger partial charge on any atom is 0.326 e. The SMILES string of the molecule is CCCC(Nc1cc(F)ccc1C)C(=O)O. The molecular weight excluding hydrogens is 209 g/mol. The second-order valence-electron chi connectivity index (χ2n) is 3.78. The predicted octanol–water partition coefficient (Wildman–Crippen LogP) is 2.80. The van der Waals surface area contributed by atoms with Crippen molar-refractivity contribution in [3.05, 3.63) is 29.6 Å². The van der Waals surface area contributed by atoms with E-state index in [2.05, 4.69) is 5.32 Å². The van der Waals surface area contributed by atoms with Crippen LogP contribution in [0.5, 0.6) is 0 Å². The molecule has 1 rings (SSSR count). The summed E-state index contributed by atoms with van der Waals surface area (Å²) in [7, 11) is 0. The zero-order valence-corrected chi connectivity index (χ0v) is 9.46. The Bertz CT molecular complexity index is 379. The van der Waals surface area contributed by atoms with Crippen molar-refractivity contribution in [1.29, 1.82) is 0 Å². The molecule has 1 atom stereocenters. The molecule has 1 unspecified atom stereocenters. The maximum absolute atomic E-state index is 13.0. The number of nitrogens with one attached hydrogen (secondary N) is 1. The van der Waals surface area contributed by atoms with E-state index < -0.39 is 12.0 Å². The van der Waals surface area contributed by atoms with Crippen LogP contribution in [0, 0.1) is 12.7 Å². The van der Waals surface area contributed by atoms with Crippen LogP contribution in [0.25, 0.3) is 0 Å². The number of carboxylic acids is 1. The number of hydrogen-bond donors (Lipinski definition) is 2. The molecule has 0 radical (unpaired) electrons. The summed E-state index contributed by atoms with van der Waals surface area (Å²) < 4.78 is 13.0. The van der Waals surface area contributed by atoms with Gasteiger partial charge in [0.1, 0.15) is 11.9 Å². The Labute approximate surface area is 94.3 Å². The highest BCUT2D eigenvalue weighted by atomic mass is 19.1. The second-order valence-corrected chi connectivity index (χ2v) is 3.78. The van der Waals surface area contributed by atoms with Gasteiger partial charge in [-0.1, -0.05) is 19.4 Å². The van der Waals surface area contributed by atoms with Crippen molar-refractivity contribution in [3.8, 4) is 0 Å². The molecule has 0 aliphatic carbocycles. The van der Waals surface area contributed by atoms with Crippen molar-refractivity contribution in [2.24, 2.45) is 0 Å². The van der Waals surface area contributed by atoms with Crippen LogP contribution >= 0.6 is 0 Å². The Hall–Kier alpha value is -1.58. The smallest absolute Gasteiger partial charge is 0.326 e. The molecule has 0 aliphatic heterocycles. The highest BCUT2D eigenvalue weighted by Gasteiger charge is 2.16. The molecule has 0 spiro atoms. The van der Waals surface area contributed by atoms with Gasteiger partial charge in [0.25, 0.3) is 0 Å². The first-order chi connectivity index (χ1) is 7.54. The molecule has 0 bridgehead atoms.